The molecule has 1 atom stereocenters. The van der Waals surface area contributed by atoms with Crippen molar-refractivity contribution in [3.8, 4) is 11.5 Å². The van der Waals surface area contributed by atoms with Crippen molar-refractivity contribution in [2.24, 2.45) is 0 Å². The van der Waals surface area contributed by atoms with Crippen molar-refractivity contribution in [1.29, 1.82) is 0 Å². The van der Waals surface area contributed by atoms with Gasteiger partial charge in [0, 0.05) is 25.0 Å². The second kappa shape index (κ2) is 12.5. The third-order valence-corrected chi connectivity index (χ3v) is 6.80. The molecule has 3 rings (SSSR count). The Balaban J connectivity index is 1.60. The van der Waals surface area contributed by atoms with Gasteiger partial charge >= 0.3 is 0 Å². The number of aliphatic hydroxyl groups is 1. The first-order chi connectivity index (χ1) is 15.8. The molecule has 1 saturated heterocycles. The van der Waals surface area contributed by atoms with E-state index in [1.807, 2.05) is 24.3 Å². The molecule has 0 amide bonds. The largest absolute Gasteiger partial charge is 0.494 e. The van der Waals surface area contributed by atoms with Crippen molar-refractivity contribution in [2.45, 2.75) is 31.8 Å². The van der Waals surface area contributed by atoms with Crippen molar-refractivity contribution in [3.63, 3.8) is 0 Å². The molecule has 1 heterocycles. The zero-order valence-corrected chi connectivity index (χ0v) is 21.4. The van der Waals surface area contributed by atoms with Crippen LogP contribution >= 0.6 is 34.8 Å². The van der Waals surface area contributed by atoms with Crippen molar-refractivity contribution in [3.05, 3.63) is 57.6 Å². The predicted molar refractivity (Wildman–Crippen MR) is 135 cm³/mol. The van der Waals surface area contributed by atoms with Crippen LogP contribution in [0.25, 0.3) is 0 Å². The van der Waals surface area contributed by atoms with E-state index in [1.54, 1.807) is 0 Å². The molecule has 0 bridgehead atoms. The van der Waals surface area contributed by atoms with E-state index in [9.17, 15) is 5.11 Å². The molecule has 5 nitrogen and oxygen atoms in total. The summed E-state index contributed by atoms with van der Waals surface area (Å²) in [6.45, 7) is 9.62. The number of alkyl halides is 1. The van der Waals surface area contributed by atoms with Crippen molar-refractivity contribution in [2.75, 3.05) is 51.9 Å². The number of morpholine rings is 1. The quantitative estimate of drug-likeness (QED) is 0.320. The molecule has 8 heteroatoms. The monoisotopic (exact) mass is 515 g/mol. The molecule has 182 valence electrons. The summed E-state index contributed by atoms with van der Waals surface area (Å²) in [5.41, 5.74) is 1.74. The average Bonchev–Trinajstić information content (AvgIpc) is 2.82. The van der Waals surface area contributed by atoms with E-state index in [0.717, 1.165) is 56.1 Å². The van der Waals surface area contributed by atoms with Crippen LogP contribution in [0.3, 0.4) is 0 Å². The molecule has 0 aliphatic carbocycles. The number of halogens is 3. The van der Waals surface area contributed by atoms with Crippen LogP contribution in [0.5, 0.6) is 11.5 Å². The third-order valence-electron chi connectivity index (χ3n) is 5.89. The molecule has 2 aromatic carbocycles. The Labute approximate surface area is 211 Å². The van der Waals surface area contributed by atoms with Gasteiger partial charge in [0.2, 0.25) is 0 Å². The minimum Gasteiger partial charge on any atom is -0.494 e. The minimum atomic E-state index is -0.782. The van der Waals surface area contributed by atoms with Gasteiger partial charge in [-0.3, -0.25) is 4.90 Å². The SMILES string of the molecule is CC(C)(c1ccc(OCCCN2CCOCC2)cc1)c1cc(Cl)c(OCC(O)CCl)c(Cl)c1. The average molecular weight is 517 g/mol. The lowest BCUT2D eigenvalue weighted by molar-refractivity contribution is 0.0358. The second-order valence-corrected chi connectivity index (χ2v) is 9.82. The Bertz CT molecular complexity index is 863. The van der Waals surface area contributed by atoms with Crippen LogP contribution in [0.15, 0.2) is 36.4 Å². The van der Waals surface area contributed by atoms with E-state index in [0.29, 0.717) is 22.4 Å². The van der Waals surface area contributed by atoms with Crippen LogP contribution in [0, 0.1) is 0 Å². The van der Waals surface area contributed by atoms with Crippen molar-refractivity contribution >= 4 is 34.8 Å². The lowest BCUT2D eigenvalue weighted by atomic mass is 9.78. The Kier molecular flexibility index (Phi) is 9.98. The van der Waals surface area contributed by atoms with Crippen LogP contribution < -0.4 is 9.47 Å². The molecule has 0 saturated carbocycles. The van der Waals surface area contributed by atoms with Crippen LogP contribution in [-0.2, 0) is 10.2 Å². The summed E-state index contributed by atoms with van der Waals surface area (Å²) < 4.78 is 16.9. The molecule has 0 radical (unpaired) electrons. The van der Waals surface area contributed by atoms with Gasteiger partial charge in [0.25, 0.3) is 0 Å². The zero-order chi connectivity index (χ0) is 23.8. The summed E-state index contributed by atoms with van der Waals surface area (Å²) in [5, 5.41) is 10.4. The summed E-state index contributed by atoms with van der Waals surface area (Å²) in [5.74, 6) is 1.28. The number of benzene rings is 2. The highest BCUT2D eigenvalue weighted by Crippen LogP contribution is 2.40. The smallest absolute Gasteiger partial charge is 0.156 e. The number of rotatable bonds is 11. The van der Waals surface area contributed by atoms with Gasteiger partial charge in [0.05, 0.1) is 35.7 Å². The molecule has 2 aromatic rings. The van der Waals surface area contributed by atoms with Crippen molar-refractivity contribution in [1.82, 2.24) is 4.90 Å². The molecule has 1 unspecified atom stereocenters. The van der Waals surface area contributed by atoms with Crippen LogP contribution in [-0.4, -0.2) is 68.1 Å². The van der Waals surface area contributed by atoms with Gasteiger partial charge in [-0.2, -0.15) is 0 Å². The first-order valence-electron chi connectivity index (χ1n) is 11.2. The van der Waals surface area contributed by atoms with E-state index < -0.39 is 6.10 Å². The number of aliphatic hydroxyl groups excluding tert-OH is 1. The summed E-state index contributed by atoms with van der Waals surface area (Å²) in [6, 6.07) is 11.8. The lowest BCUT2D eigenvalue weighted by Gasteiger charge is -2.27. The Morgan fingerprint density at radius 2 is 1.67 bits per heavy atom. The maximum absolute atomic E-state index is 9.62. The van der Waals surface area contributed by atoms with E-state index in [1.165, 1.54) is 0 Å². The fourth-order valence-corrected chi connectivity index (χ4v) is 4.41. The van der Waals surface area contributed by atoms with Crippen LogP contribution in [0.4, 0.5) is 0 Å². The number of nitrogens with zero attached hydrogens (tertiary/aromatic N) is 1. The molecule has 1 fully saturated rings. The number of hydrogen-bond donors (Lipinski definition) is 1. The molecule has 33 heavy (non-hydrogen) atoms. The molecular weight excluding hydrogens is 485 g/mol. The van der Waals surface area contributed by atoms with Crippen molar-refractivity contribution < 1.29 is 19.3 Å². The highest BCUT2D eigenvalue weighted by atomic mass is 35.5. The van der Waals surface area contributed by atoms with E-state index in [-0.39, 0.29) is 17.9 Å². The van der Waals surface area contributed by atoms with E-state index in [2.05, 4.69) is 30.9 Å². The van der Waals surface area contributed by atoms with Gasteiger partial charge in [-0.1, -0.05) is 49.2 Å². The minimum absolute atomic E-state index is 0.0274. The standard InChI is InChI=1S/C25H32Cl3NO4/c1-25(2,19-14-22(27)24(23(28)15-19)33-17-20(30)16-26)18-4-6-21(7-5-18)32-11-3-8-29-9-12-31-13-10-29/h4-7,14-15,20,30H,3,8-13,16-17H2,1-2H3. The van der Waals surface area contributed by atoms with Gasteiger partial charge in [0.15, 0.2) is 5.75 Å². The van der Waals surface area contributed by atoms with E-state index >= 15 is 0 Å². The summed E-state index contributed by atoms with van der Waals surface area (Å²) in [7, 11) is 0. The fraction of sp³-hybridized carbons (Fsp3) is 0.520. The van der Waals surface area contributed by atoms with Crippen LogP contribution in [0.2, 0.25) is 10.0 Å². The van der Waals surface area contributed by atoms with Gasteiger partial charge in [0.1, 0.15) is 18.5 Å². The Morgan fingerprint density at radius 1 is 1.03 bits per heavy atom. The summed E-state index contributed by atoms with van der Waals surface area (Å²) in [4.78, 5) is 2.41. The second-order valence-electron chi connectivity index (χ2n) is 8.69. The van der Waals surface area contributed by atoms with Gasteiger partial charge < -0.3 is 19.3 Å². The number of hydrogen-bond acceptors (Lipinski definition) is 5. The zero-order valence-electron chi connectivity index (χ0n) is 19.2. The van der Waals surface area contributed by atoms with Gasteiger partial charge in [-0.15, -0.1) is 11.6 Å². The maximum Gasteiger partial charge on any atom is 0.156 e. The van der Waals surface area contributed by atoms with Gasteiger partial charge in [-0.25, -0.2) is 0 Å². The van der Waals surface area contributed by atoms with Crippen LogP contribution in [0.1, 0.15) is 31.4 Å². The Hall–Kier alpha value is -1.21. The normalized spacial score (nSPS) is 15.9. The highest BCUT2D eigenvalue weighted by molar-refractivity contribution is 6.37. The maximum atomic E-state index is 9.62. The fourth-order valence-electron chi connectivity index (χ4n) is 3.72. The Morgan fingerprint density at radius 3 is 2.27 bits per heavy atom. The number of ether oxygens (including phenoxy) is 3. The predicted octanol–water partition coefficient (Wildman–Crippen LogP) is 5.40. The highest BCUT2D eigenvalue weighted by Gasteiger charge is 2.26. The first-order valence-corrected chi connectivity index (χ1v) is 12.5. The molecule has 0 aromatic heterocycles. The third kappa shape index (κ3) is 7.38. The van der Waals surface area contributed by atoms with Gasteiger partial charge in [-0.05, 0) is 41.8 Å². The lowest BCUT2D eigenvalue weighted by Crippen LogP contribution is -2.37. The van der Waals surface area contributed by atoms with E-state index in [4.69, 9.17) is 49.0 Å². The molecule has 1 aliphatic heterocycles. The summed E-state index contributed by atoms with van der Waals surface area (Å²) in [6.07, 6.45) is 0.204. The molecule has 1 N–H and O–H groups in total. The molecule has 0 spiro atoms. The first kappa shape index (κ1) is 26.4. The molecular formula is C25H32Cl3NO4. The summed E-state index contributed by atoms with van der Waals surface area (Å²) >= 11 is 18.5. The molecule has 1 aliphatic rings. The topological polar surface area (TPSA) is 51.2 Å².